The van der Waals surface area contributed by atoms with Gasteiger partial charge in [-0.2, -0.15) is 5.10 Å². The molecule has 1 amide bonds. The molecule has 9 heteroatoms. The molecule has 4 N–H and O–H groups in total. The van der Waals surface area contributed by atoms with Gasteiger partial charge in [-0.15, -0.1) is 0 Å². The van der Waals surface area contributed by atoms with Crippen molar-refractivity contribution in [1.29, 1.82) is 0 Å². The molecular weight excluding hydrogens is 301 g/mol. The molecule has 0 bridgehead atoms. The number of hydrogen-bond acceptors (Lipinski definition) is 4. The van der Waals surface area contributed by atoms with Crippen molar-refractivity contribution in [2.75, 3.05) is 5.32 Å². The molecule has 0 atom stereocenters. The SMILES string of the molecule is Cn1ncc(/C(N)=N/O)c1NC(=O)c1cccc(Cl)c1F. The molecule has 1 heterocycles. The number of carbonyl (C=O) groups is 1. The minimum Gasteiger partial charge on any atom is -0.409 e. The largest absolute Gasteiger partial charge is 0.409 e. The van der Waals surface area contributed by atoms with Gasteiger partial charge in [0.2, 0.25) is 0 Å². The first-order valence-electron chi connectivity index (χ1n) is 5.71. The lowest BCUT2D eigenvalue weighted by Gasteiger charge is -2.09. The maximum atomic E-state index is 13.8. The summed E-state index contributed by atoms with van der Waals surface area (Å²) in [6, 6.07) is 4.07. The predicted molar refractivity (Wildman–Crippen MR) is 75.1 cm³/mol. The first-order chi connectivity index (χ1) is 9.95. The van der Waals surface area contributed by atoms with Crippen molar-refractivity contribution in [3.05, 3.63) is 46.4 Å². The molecule has 2 rings (SSSR count). The Morgan fingerprint density at radius 3 is 2.90 bits per heavy atom. The minimum absolute atomic E-state index is 0.162. The van der Waals surface area contributed by atoms with Crippen LogP contribution < -0.4 is 11.1 Å². The van der Waals surface area contributed by atoms with E-state index in [-0.39, 0.29) is 27.8 Å². The van der Waals surface area contributed by atoms with E-state index < -0.39 is 11.7 Å². The van der Waals surface area contributed by atoms with E-state index in [9.17, 15) is 9.18 Å². The number of halogens is 2. The fourth-order valence-corrected chi connectivity index (χ4v) is 1.86. The second-order valence-electron chi connectivity index (χ2n) is 4.07. The first kappa shape index (κ1) is 14.8. The highest BCUT2D eigenvalue weighted by molar-refractivity contribution is 6.31. The van der Waals surface area contributed by atoms with Crippen LogP contribution in [0.3, 0.4) is 0 Å². The van der Waals surface area contributed by atoms with Crippen LogP contribution in [0.1, 0.15) is 15.9 Å². The van der Waals surface area contributed by atoms with Gasteiger partial charge in [0.15, 0.2) is 11.7 Å². The van der Waals surface area contributed by atoms with E-state index in [0.717, 1.165) is 0 Å². The number of nitrogens with two attached hydrogens (primary N) is 1. The number of hydrogen-bond donors (Lipinski definition) is 3. The summed E-state index contributed by atoms with van der Waals surface area (Å²) in [5.41, 5.74) is 5.45. The van der Waals surface area contributed by atoms with Gasteiger partial charge in [0.05, 0.1) is 22.3 Å². The highest BCUT2D eigenvalue weighted by Crippen LogP contribution is 2.20. The number of amidine groups is 1. The molecule has 0 unspecified atom stereocenters. The highest BCUT2D eigenvalue weighted by Gasteiger charge is 2.19. The number of aryl methyl sites for hydroxylation is 1. The Morgan fingerprint density at radius 1 is 1.52 bits per heavy atom. The smallest absolute Gasteiger partial charge is 0.259 e. The van der Waals surface area contributed by atoms with E-state index in [1.165, 1.54) is 36.1 Å². The van der Waals surface area contributed by atoms with Crippen molar-refractivity contribution in [3.63, 3.8) is 0 Å². The van der Waals surface area contributed by atoms with E-state index in [1.54, 1.807) is 0 Å². The Hall–Kier alpha value is -2.61. The highest BCUT2D eigenvalue weighted by atomic mass is 35.5. The fraction of sp³-hybridized carbons (Fsp3) is 0.0833. The van der Waals surface area contributed by atoms with E-state index in [0.29, 0.717) is 0 Å². The summed E-state index contributed by atoms with van der Waals surface area (Å²) in [7, 11) is 1.54. The standard InChI is InChI=1S/C12H11ClFN5O2/c1-19-11(7(5-16-19)10(15)18-21)17-12(20)6-3-2-4-8(13)9(6)14/h2-5,21H,1H3,(H2,15,18)(H,17,20). The summed E-state index contributed by atoms with van der Waals surface area (Å²) in [6.07, 6.45) is 1.30. The van der Waals surface area contributed by atoms with E-state index in [4.69, 9.17) is 22.5 Å². The Bertz CT molecular complexity index is 728. The third-order valence-electron chi connectivity index (χ3n) is 2.75. The van der Waals surface area contributed by atoms with Crippen LogP contribution in [-0.4, -0.2) is 26.7 Å². The zero-order valence-electron chi connectivity index (χ0n) is 10.8. The van der Waals surface area contributed by atoms with Gasteiger partial charge in [0.25, 0.3) is 5.91 Å². The van der Waals surface area contributed by atoms with Gasteiger partial charge in [0.1, 0.15) is 5.82 Å². The first-order valence-corrected chi connectivity index (χ1v) is 6.08. The van der Waals surface area contributed by atoms with Crippen molar-refractivity contribution < 1.29 is 14.4 Å². The second kappa shape index (κ2) is 5.80. The molecule has 110 valence electrons. The van der Waals surface area contributed by atoms with Crippen LogP contribution in [-0.2, 0) is 7.05 Å². The summed E-state index contributed by atoms with van der Waals surface area (Å²) >= 11 is 5.63. The van der Waals surface area contributed by atoms with Gasteiger partial charge in [-0.25, -0.2) is 4.39 Å². The third kappa shape index (κ3) is 2.79. The maximum Gasteiger partial charge on any atom is 0.259 e. The summed E-state index contributed by atoms with van der Waals surface area (Å²) < 4.78 is 15.1. The summed E-state index contributed by atoms with van der Waals surface area (Å²) in [5, 5.41) is 17.7. The minimum atomic E-state index is -0.829. The zero-order valence-corrected chi connectivity index (χ0v) is 11.6. The zero-order chi connectivity index (χ0) is 15.6. The maximum absolute atomic E-state index is 13.8. The van der Waals surface area contributed by atoms with Crippen LogP contribution in [0.4, 0.5) is 10.2 Å². The quantitative estimate of drug-likeness (QED) is 0.346. The molecule has 1 aromatic carbocycles. The van der Waals surface area contributed by atoms with Crippen LogP contribution in [0.5, 0.6) is 0 Å². The van der Waals surface area contributed by atoms with Crippen molar-refractivity contribution in [3.8, 4) is 0 Å². The van der Waals surface area contributed by atoms with Crippen molar-refractivity contribution >= 4 is 29.2 Å². The van der Waals surface area contributed by atoms with Crippen molar-refractivity contribution in [1.82, 2.24) is 9.78 Å². The lowest BCUT2D eigenvalue weighted by atomic mass is 10.2. The molecule has 7 nitrogen and oxygen atoms in total. The van der Waals surface area contributed by atoms with E-state index >= 15 is 0 Å². The summed E-state index contributed by atoms with van der Waals surface area (Å²) in [5.74, 6) is -1.63. The molecule has 0 aliphatic heterocycles. The average Bonchev–Trinajstić information content (AvgIpc) is 2.82. The van der Waals surface area contributed by atoms with Crippen LogP contribution in [0, 0.1) is 5.82 Å². The monoisotopic (exact) mass is 311 g/mol. The van der Waals surface area contributed by atoms with E-state index in [1.807, 2.05) is 0 Å². The number of carbonyl (C=O) groups excluding carboxylic acids is 1. The van der Waals surface area contributed by atoms with Gasteiger partial charge >= 0.3 is 0 Å². The normalized spacial score (nSPS) is 11.5. The molecule has 21 heavy (non-hydrogen) atoms. The lowest BCUT2D eigenvalue weighted by Crippen LogP contribution is -2.20. The van der Waals surface area contributed by atoms with Gasteiger partial charge < -0.3 is 16.3 Å². The lowest BCUT2D eigenvalue weighted by molar-refractivity contribution is 0.102. The van der Waals surface area contributed by atoms with Crippen LogP contribution in [0.15, 0.2) is 29.6 Å². The Morgan fingerprint density at radius 2 is 2.24 bits per heavy atom. The topological polar surface area (TPSA) is 106 Å². The van der Waals surface area contributed by atoms with E-state index in [2.05, 4.69) is 15.6 Å². The van der Waals surface area contributed by atoms with Crippen molar-refractivity contribution in [2.45, 2.75) is 0 Å². The van der Waals surface area contributed by atoms with Crippen LogP contribution >= 0.6 is 11.6 Å². The number of anilines is 1. The van der Waals surface area contributed by atoms with Crippen LogP contribution in [0.2, 0.25) is 5.02 Å². The number of aromatic nitrogens is 2. The van der Waals surface area contributed by atoms with Gasteiger partial charge in [-0.3, -0.25) is 9.48 Å². The summed E-state index contributed by atoms with van der Waals surface area (Å²) in [4.78, 5) is 12.1. The van der Waals surface area contributed by atoms with Gasteiger partial charge in [-0.05, 0) is 12.1 Å². The predicted octanol–water partition coefficient (Wildman–Crippen LogP) is 1.56. The molecule has 0 fully saturated rings. The van der Waals surface area contributed by atoms with Gasteiger partial charge in [-0.1, -0.05) is 22.8 Å². The molecule has 0 radical (unpaired) electrons. The Balaban J connectivity index is 2.37. The number of amides is 1. The molecule has 0 aliphatic carbocycles. The molecule has 0 saturated carbocycles. The number of rotatable bonds is 3. The Kier molecular flexibility index (Phi) is 4.08. The van der Waals surface area contributed by atoms with Gasteiger partial charge in [0, 0.05) is 7.05 Å². The molecule has 0 spiro atoms. The second-order valence-corrected chi connectivity index (χ2v) is 4.48. The molecule has 2 aromatic rings. The average molecular weight is 312 g/mol. The number of nitrogens with one attached hydrogen (secondary N) is 1. The molecule has 1 aromatic heterocycles. The molecule has 0 aliphatic rings. The van der Waals surface area contributed by atoms with Crippen LogP contribution in [0.25, 0.3) is 0 Å². The summed E-state index contributed by atoms with van der Waals surface area (Å²) in [6.45, 7) is 0. The number of oxime groups is 1. The molecular formula is C12H11ClFN5O2. The number of nitrogens with zero attached hydrogens (tertiary/aromatic N) is 3. The Labute approximate surface area is 123 Å². The van der Waals surface area contributed by atoms with Crippen molar-refractivity contribution in [2.24, 2.45) is 17.9 Å². The molecule has 0 saturated heterocycles. The fourth-order valence-electron chi connectivity index (χ4n) is 1.68. The number of benzene rings is 1. The third-order valence-corrected chi connectivity index (χ3v) is 3.04.